The van der Waals surface area contributed by atoms with Gasteiger partial charge >= 0.3 is 0 Å². The van der Waals surface area contributed by atoms with E-state index < -0.39 is 5.41 Å². The van der Waals surface area contributed by atoms with Crippen molar-refractivity contribution in [1.29, 1.82) is 0 Å². The molecule has 1 heterocycles. The summed E-state index contributed by atoms with van der Waals surface area (Å²) in [5.74, 6) is 1.50. The number of rotatable bonds is 8. The number of benzene rings is 3. The van der Waals surface area contributed by atoms with E-state index in [0.29, 0.717) is 0 Å². The van der Waals surface area contributed by atoms with Gasteiger partial charge in [0.2, 0.25) is 12.7 Å². The Balaban J connectivity index is 0.00000171. The lowest BCUT2D eigenvalue weighted by atomic mass is 9.94. The lowest BCUT2D eigenvalue weighted by molar-refractivity contribution is -0.118. The molecule has 2 N–H and O–H groups in total. The van der Waals surface area contributed by atoms with Crippen LogP contribution in [0.4, 0.5) is 5.69 Å². The van der Waals surface area contributed by atoms with Crippen molar-refractivity contribution in [1.82, 2.24) is 5.32 Å². The van der Waals surface area contributed by atoms with Crippen LogP contribution < -0.4 is 20.1 Å². The van der Waals surface area contributed by atoms with Crippen molar-refractivity contribution in [2.75, 3.05) is 18.7 Å². The molecular weight excluding hydrogens is 412 g/mol. The van der Waals surface area contributed by atoms with Crippen molar-refractivity contribution in [3.63, 3.8) is 0 Å². The summed E-state index contributed by atoms with van der Waals surface area (Å²) in [6, 6.07) is 20.6. The predicted molar refractivity (Wildman–Crippen MR) is 135 cm³/mol. The Morgan fingerprint density at radius 1 is 1.00 bits per heavy atom. The Morgan fingerprint density at radius 2 is 1.79 bits per heavy atom. The van der Waals surface area contributed by atoms with Crippen LogP contribution >= 0.6 is 0 Å². The first-order valence-electron chi connectivity index (χ1n) is 11.7. The van der Waals surface area contributed by atoms with Crippen molar-refractivity contribution in [3.05, 3.63) is 77.4 Å². The maximum atomic E-state index is 13.3. The summed E-state index contributed by atoms with van der Waals surface area (Å²) < 4.78 is 10.9. The van der Waals surface area contributed by atoms with Crippen LogP contribution in [0.5, 0.6) is 11.5 Å². The monoisotopic (exact) mass is 446 g/mol. The molecule has 0 unspecified atom stereocenters. The first-order valence-corrected chi connectivity index (χ1v) is 11.7. The second-order valence-corrected chi connectivity index (χ2v) is 9.01. The zero-order valence-corrected chi connectivity index (χ0v) is 19.2. The van der Waals surface area contributed by atoms with Gasteiger partial charge in [-0.3, -0.25) is 4.79 Å². The highest BCUT2D eigenvalue weighted by Crippen LogP contribution is 2.51. The van der Waals surface area contributed by atoms with Crippen molar-refractivity contribution < 1.29 is 17.1 Å². The molecule has 1 aliphatic heterocycles. The van der Waals surface area contributed by atoms with E-state index >= 15 is 0 Å². The number of hydrogen-bond acceptors (Lipinski definition) is 4. The molecule has 1 saturated carbocycles. The molecule has 5 nitrogen and oxygen atoms in total. The Morgan fingerprint density at radius 3 is 2.55 bits per heavy atom. The van der Waals surface area contributed by atoms with Crippen molar-refractivity contribution >= 4 is 11.6 Å². The molecule has 0 bridgehead atoms. The molecule has 5 rings (SSSR count). The third-order valence-electron chi connectivity index (χ3n) is 6.63. The first kappa shape index (κ1) is 21.5. The maximum absolute atomic E-state index is 13.3. The topological polar surface area (TPSA) is 59.6 Å². The first-order chi connectivity index (χ1) is 16.1. The van der Waals surface area contributed by atoms with Gasteiger partial charge in [0.05, 0.1) is 5.41 Å². The molecule has 0 radical (unpaired) electrons. The molecule has 174 valence electrons. The smallest absolute Gasteiger partial charge is 0.235 e. The molecule has 1 aliphatic carbocycles. The second-order valence-electron chi connectivity index (χ2n) is 9.01. The van der Waals surface area contributed by atoms with Gasteiger partial charge in [-0.05, 0) is 84.8 Å². The van der Waals surface area contributed by atoms with Crippen LogP contribution in [0, 0.1) is 6.92 Å². The van der Waals surface area contributed by atoms with Crippen LogP contribution in [0.25, 0.3) is 11.1 Å². The molecule has 0 aromatic heterocycles. The maximum Gasteiger partial charge on any atom is 0.235 e. The number of anilines is 1. The van der Waals surface area contributed by atoms with E-state index in [4.69, 9.17) is 9.47 Å². The quantitative estimate of drug-likeness (QED) is 0.413. The van der Waals surface area contributed by atoms with Crippen molar-refractivity contribution in [2.24, 2.45) is 0 Å². The van der Waals surface area contributed by atoms with E-state index in [1.165, 1.54) is 11.1 Å². The average molecular weight is 447 g/mol. The summed E-state index contributed by atoms with van der Waals surface area (Å²) in [6.07, 6.45) is 2.81. The lowest BCUT2D eigenvalue weighted by Gasteiger charge is -2.17. The molecule has 0 atom stereocenters. The summed E-state index contributed by atoms with van der Waals surface area (Å²) in [5.41, 5.74) is 6.06. The zero-order chi connectivity index (χ0) is 22.8. The average Bonchev–Trinajstić information content (AvgIpc) is 3.52. The van der Waals surface area contributed by atoms with Gasteiger partial charge in [-0.25, -0.2) is 0 Å². The number of amides is 1. The largest absolute Gasteiger partial charge is 0.454 e. The number of hydrogen-bond donors (Lipinski definition) is 2. The molecule has 0 spiro atoms. The summed E-state index contributed by atoms with van der Waals surface area (Å²) in [6.45, 7) is 6.42. The Bertz CT molecular complexity index is 1180. The van der Waals surface area contributed by atoms with Gasteiger partial charge in [0, 0.05) is 15.1 Å². The van der Waals surface area contributed by atoms with E-state index in [1.54, 1.807) is 0 Å². The molecular formula is C28H34N2O3. The third-order valence-corrected chi connectivity index (χ3v) is 6.63. The van der Waals surface area contributed by atoms with Crippen molar-refractivity contribution in [3.8, 4) is 22.6 Å². The molecule has 2 aliphatic rings. The van der Waals surface area contributed by atoms with E-state index in [2.05, 4.69) is 60.9 Å². The van der Waals surface area contributed by atoms with Crippen LogP contribution in [0.15, 0.2) is 60.7 Å². The third kappa shape index (κ3) is 4.33. The molecule has 33 heavy (non-hydrogen) atoms. The van der Waals surface area contributed by atoms with Gasteiger partial charge in [0.25, 0.3) is 0 Å². The normalized spacial score (nSPS) is 15.3. The minimum Gasteiger partial charge on any atom is -0.454 e. The fourth-order valence-corrected chi connectivity index (χ4v) is 4.44. The number of carbonyl (C=O) groups is 1. The molecule has 0 saturated heterocycles. The number of aryl methyl sites for hydroxylation is 1. The van der Waals surface area contributed by atoms with Gasteiger partial charge in [-0.2, -0.15) is 0 Å². The van der Waals surface area contributed by atoms with E-state index in [0.717, 1.165) is 66.2 Å². The second kappa shape index (κ2) is 8.91. The van der Waals surface area contributed by atoms with Crippen LogP contribution in [0.3, 0.4) is 0 Å². The van der Waals surface area contributed by atoms with Gasteiger partial charge in [-0.1, -0.05) is 43.3 Å². The minimum atomic E-state index is -0.487. The fourth-order valence-electron chi connectivity index (χ4n) is 4.44. The summed E-state index contributed by atoms with van der Waals surface area (Å²) >= 11 is 0. The molecule has 5 heteroatoms. The highest BCUT2D eigenvalue weighted by atomic mass is 16.7. The SMILES string of the molecule is CCCNCc1ccc(-c2cc(NC(=O)C3(c4ccc5c(c4)OCO5)CC3)ccc2C)cc1.[HH].[HH]. The van der Waals surface area contributed by atoms with Crippen molar-refractivity contribution in [2.45, 2.75) is 45.1 Å². The molecule has 3 aromatic carbocycles. The molecule has 3 aromatic rings. The van der Waals surface area contributed by atoms with E-state index in [-0.39, 0.29) is 15.6 Å². The van der Waals surface area contributed by atoms with Crippen LogP contribution in [-0.4, -0.2) is 19.2 Å². The Labute approximate surface area is 198 Å². The number of ether oxygens (including phenoxy) is 2. The summed E-state index contributed by atoms with van der Waals surface area (Å²) in [5, 5.41) is 6.61. The fraction of sp³-hybridized carbons (Fsp3) is 0.321. The van der Waals surface area contributed by atoms with Gasteiger partial charge < -0.3 is 20.1 Å². The summed E-state index contributed by atoms with van der Waals surface area (Å²) in [7, 11) is 0. The van der Waals surface area contributed by atoms with Crippen LogP contribution in [0.2, 0.25) is 0 Å². The Hall–Kier alpha value is -3.31. The number of nitrogens with one attached hydrogen (secondary N) is 2. The standard InChI is InChI=1S/C28H30N2O3.2H2/c1-3-14-29-17-20-5-7-21(8-6-20)24-16-23(10-4-19(24)2)30-27(31)28(12-13-28)22-9-11-25-26(15-22)33-18-32-25;;/h4-11,15-16,29H,3,12-14,17-18H2,1-2H3,(H,30,31);2*1H. The van der Waals surface area contributed by atoms with Gasteiger partial charge in [0.15, 0.2) is 11.5 Å². The van der Waals surface area contributed by atoms with E-state index in [1.807, 2.05) is 24.3 Å². The van der Waals surface area contributed by atoms with Gasteiger partial charge in [0.1, 0.15) is 0 Å². The lowest BCUT2D eigenvalue weighted by Crippen LogP contribution is -2.27. The van der Waals surface area contributed by atoms with Gasteiger partial charge in [-0.15, -0.1) is 0 Å². The minimum absolute atomic E-state index is 0. The number of fused-ring (bicyclic) bond motifs is 1. The number of carbonyl (C=O) groups excluding carboxylic acids is 1. The van der Waals surface area contributed by atoms with Crippen LogP contribution in [-0.2, 0) is 16.8 Å². The van der Waals surface area contributed by atoms with Crippen LogP contribution in [0.1, 0.15) is 45.7 Å². The highest BCUT2D eigenvalue weighted by Gasteiger charge is 2.51. The Kier molecular flexibility index (Phi) is 5.81. The molecule has 1 fully saturated rings. The zero-order valence-electron chi connectivity index (χ0n) is 19.2. The van der Waals surface area contributed by atoms with E-state index in [9.17, 15) is 4.79 Å². The molecule has 1 amide bonds. The highest BCUT2D eigenvalue weighted by molar-refractivity contribution is 6.02. The predicted octanol–water partition coefficient (Wildman–Crippen LogP) is 6.05. The summed E-state index contributed by atoms with van der Waals surface area (Å²) in [4.78, 5) is 13.3.